The van der Waals surface area contributed by atoms with Gasteiger partial charge in [0.1, 0.15) is 11.6 Å². The largest absolute Gasteiger partial charge is 0.357 e. The Morgan fingerprint density at radius 2 is 2.04 bits per heavy atom. The highest BCUT2D eigenvalue weighted by Crippen LogP contribution is 2.44. The van der Waals surface area contributed by atoms with Gasteiger partial charge in [-0.05, 0) is 59.2 Å². The number of nitrogens with one attached hydrogen (secondary N) is 1. The third kappa shape index (κ3) is 2.46. The van der Waals surface area contributed by atoms with Gasteiger partial charge in [-0.15, -0.1) is 0 Å². The number of halogens is 1. The lowest BCUT2D eigenvalue weighted by molar-refractivity contribution is -0.121. The van der Waals surface area contributed by atoms with Crippen LogP contribution in [0.15, 0.2) is 30.6 Å². The summed E-state index contributed by atoms with van der Waals surface area (Å²) in [5.41, 5.74) is 7.23. The molecule has 4 rings (SSSR count). The van der Waals surface area contributed by atoms with Crippen molar-refractivity contribution in [3.8, 4) is 0 Å². The molecule has 2 aromatic rings. The normalized spacial score (nSPS) is 18.6. The van der Waals surface area contributed by atoms with Gasteiger partial charge in [0.25, 0.3) is 0 Å². The summed E-state index contributed by atoms with van der Waals surface area (Å²) in [6.07, 6.45) is 5.13. The summed E-state index contributed by atoms with van der Waals surface area (Å²) in [5, 5.41) is 2.95. The fourth-order valence-corrected chi connectivity index (χ4v) is 3.92. The zero-order chi connectivity index (χ0) is 16.7. The van der Waals surface area contributed by atoms with E-state index in [9.17, 15) is 4.79 Å². The Morgan fingerprint density at radius 3 is 2.71 bits per heavy atom. The minimum Gasteiger partial charge on any atom is -0.357 e. The van der Waals surface area contributed by atoms with Crippen LogP contribution >= 0.6 is 22.6 Å². The quantitative estimate of drug-likeness (QED) is 0.706. The summed E-state index contributed by atoms with van der Waals surface area (Å²) in [4.78, 5) is 23.8. The summed E-state index contributed by atoms with van der Waals surface area (Å²) in [5.74, 6) is 1.73. The Morgan fingerprint density at radius 1 is 1.25 bits per heavy atom. The minimum absolute atomic E-state index is 0.0643. The van der Waals surface area contributed by atoms with Gasteiger partial charge in [-0.2, -0.15) is 0 Å². The topological polar surface area (TPSA) is 84.1 Å². The molecule has 2 aliphatic heterocycles. The summed E-state index contributed by atoms with van der Waals surface area (Å²) < 4.78 is 1.12. The number of anilines is 2. The van der Waals surface area contributed by atoms with E-state index in [2.05, 4.69) is 48.8 Å². The van der Waals surface area contributed by atoms with E-state index in [-0.39, 0.29) is 5.91 Å². The highest BCUT2D eigenvalue weighted by molar-refractivity contribution is 14.1. The van der Waals surface area contributed by atoms with Crippen molar-refractivity contribution in [2.75, 3.05) is 23.3 Å². The van der Waals surface area contributed by atoms with Crippen molar-refractivity contribution in [2.45, 2.75) is 24.8 Å². The summed E-state index contributed by atoms with van der Waals surface area (Å²) >= 11 is 2.25. The van der Waals surface area contributed by atoms with Crippen molar-refractivity contribution < 1.29 is 4.79 Å². The fraction of sp³-hybridized carbons (Fsp3) is 0.353. The average molecular weight is 435 g/mol. The number of piperidine rings is 1. The van der Waals surface area contributed by atoms with E-state index in [0.717, 1.165) is 46.4 Å². The molecule has 0 bridgehead atoms. The molecule has 124 valence electrons. The first-order chi connectivity index (χ1) is 11.6. The van der Waals surface area contributed by atoms with Crippen LogP contribution in [0.25, 0.3) is 0 Å². The molecule has 6 nitrogen and oxygen atoms in total. The predicted octanol–water partition coefficient (Wildman–Crippen LogP) is 2.03. The summed E-state index contributed by atoms with van der Waals surface area (Å²) in [6, 6.07) is 6.14. The molecule has 7 heteroatoms. The molecule has 2 aromatic heterocycles. The second-order valence-corrected chi connectivity index (χ2v) is 7.55. The van der Waals surface area contributed by atoms with Gasteiger partial charge in [-0.1, -0.05) is 0 Å². The maximum atomic E-state index is 12.7. The van der Waals surface area contributed by atoms with Gasteiger partial charge >= 0.3 is 0 Å². The van der Waals surface area contributed by atoms with Crippen molar-refractivity contribution in [1.82, 2.24) is 9.97 Å². The van der Waals surface area contributed by atoms with Crippen molar-refractivity contribution >= 4 is 40.1 Å². The number of hydrogen-bond acceptors (Lipinski definition) is 5. The van der Waals surface area contributed by atoms with Crippen molar-refractivity contribution in [3.05, 3.63) is 45.3 Å². The lowest BCUT2D eigenvalue weighted by Crippen LogP contribution is -2.46. The second kappa shape index (κ2) is 5.96. The first-order valence-corrected chi connectivity index (χ1v) is 9.08. The minimum atomic E-state index is -0.479. The predicted molar refractivity (Wildman–Crippen MR) is 101 cm³/mol. The lowest BCUT2D eigenvalue weighted by atomic mass is 9.74. The monoisotopic (exact) mass is 435 g/mol. The Kier molecular flexibility index (Phi) is 3.92. The maximum Gasteiger partial charge on any atom is 0.236 e. The van der Waals surface area contributed by atoms with Crippen LogP contribution in [-0.4, -0.2) is 29.0 Å². The van der Waals surface area contributed by atoms with Crippen LogP contribution in [0.1, 0.15) is 24.0 Å². The second-order valence-electron chi connectivity index (χ2n) is 6.30. The molecule has 2 aliphatic rings. The molecule has 0 radical (unpaired) electrons. The van der Waals surface area contributed by atoms with Crippen molar-refractivity contribution in [1.29, 1.82) is 0 Å². The molecule has 1 spiro atoms. The van der Waals surface area contributed by atoms with Crippen LogP contribution in [-0.2, 0) is 16.8 Å². The van der Waals surface area contributed by atoms with Crippen LogP contribution in [0.4, 0.5) is 11.6 Å². The van der Waals surface area contributed by atoms with Crippen LogP contribution in [0.5, 0.6) is 0 Å². The molecular formula is C17H18IN5O. The first kappa shape index (κ1) is 15.8. The van der Waals surface area contributed by atoms with Gasteiger partial charge in [0.2, 0.25) is 5.91 Å². The Balaban J connectivity index is 1.61. The molecular weight excluding hydrogens is 417 g/mol. The molecule has 1 amide bonds. The zero-order valence-electron chi connectivity index (χ0n) is 13.1. The molecule has 1 saturated heterocycles. The van der Waals surface area contributed by atoms with Crippen molar-refractivity contribution in [2.24, 2.45) is 5.73 Å². The van der Waals surface area contributed by atoms with Crippen LogP contribution < -0.4 is 16.0 Å². The van der Waals surface area contributed by atoms with E-state index in [0.29, 0.717) is 12.4 Å². The molecule has 0 unspecified atom stereocenters. The molecule has 0 aliphatic carbocycles. The van der Waals surface area contributed by atoms with E-state index in [4.69, 9.17) is 5.73 Å². The van der Waals surface area contributed by atoms with Gasteiger partial charge < -0.3 is 16.0 Å². The van der Waals surface area contributed by atoms with E-state index in [1.807, 2.05) is 18.3 Å². The maximum absolute atomic E-state index is 12.7. The molecule has 0 atom stereocenters. The van der Waals surface area contributed by atoms with Gasteiger partial charge in [-0.3, -0.25) is 4.79 Å². The molecule has 0 aromatic carbocycles. The number of hydrogen-bond donors (Lipinski definition) is 2. The number of nitrogens with two attached hydrogens (primary N) is 1. The number of aromatic nitrogens is 2. The third-order valence-corrected chi connectivity index (χ3v) is 5.65. The van der Waals surface area contributed by atoms with E-state index in [1.54, 1.807) is 6.20 Å². The molecule has 1 fully saturated rings. The van der Waals surface area contributed by atoms with Crippen LogP contribution in [0, 0.1) is 3.57 Å². The van der Waals surface area contributed by atoms with E-state index >= 15 is 0 Å². The SMILES string of the molecule is NCc1cnc2c(c1)C1(CCN(c3ccc(I)cn3)CC1)C(=O)N2. The van der Waals surface area contributed by atoms with Gasteiger partial charge in [-0.25, -0.2) is 9.97 Å². The zero-order valence-corrected chi connectivity index (χ0v) is 15.3. The number of rotatable bonds is 2. The molecule has 0 saturated carbocycles. The van der Waals surface area contributed by atoms with Gasteiger partial charge in [0, 0.05) is 41.2 Å². The molecule has 24 heavy (non-hydrogen) atoms. The van der Waals surface area contributed by atoms with Crippen LogP contribution in [0.2, 0.25) is 0 Å². The highest BCUT2D eigenvalue weighted by atomic mass is 127. The van der Waals surface area contributed by atoms with E-state index in [1.165, 1.54) is 0 Å². The van der Waals surface area contributed by atoms with Gasteiger partial charge in [0.05, 0.1) is 5.41 Å². The van der Waals surface area contributed by atoms with Gasteiger partial charge in [0.15, 0.2) is 0 Å². The fourth-order valence-electron chi connectivity index (χ4n) is 3.60. The molecule has 4 heterocycles. The highest BCUT2D eigenvalue weighted by Gasteiger charge is 2.49. The number of nitrogens with zero attached hydrogens (tertiary/aromatic N) is 3. The summed E-state index contributed by atoms with van der Waals surface area (Å²) in [6.45, 7) is 2.03. The van der Waals surface area contributed by atoms with E-state index < -0.39 is 5.41 Å². The smallest absolute Gasteiger partial charge is 0.236 e. The van der Waals surface area contributed by atoms with Crippen molar-refractivity contribution in [3.63, 3.8) is 0 Å². The average Bonchev–Trinajstić information content (AvgIpc) is 2.88. The Labute approximate surface area is 154 Å². The first-order valence-electron chi connectivity index (χ1n) is 8.00. The van der Waals surface area contributed by atoms with Crippen LogP contribution in [0.3, 0.4) is 0 Å². The standard InChI is InChI=1S/C17H18IN5O/c18-12-1-2-14(20-10-12)23-5-3-17(4-6-23)13-7-11(8-19)9-21-15(13)22-16(17)24/h1-2,7,9-10H,3-6,8,19H2,(H,21,22,24). The Hall–Kier alpha value is -1.74. The Bertz CT molecular complexity index is 784. The number of carbonyl (C=O) groups is 1. The molecule has 3 N–H and O–H groups in total. The number of fused-ring (bicyclic) bond motifs is 2. The number of carbonyl (C=O) groups excluding carboxylic acids is 1. The number of pyridine rings is 2. The third-order valence-electron chi connectivity index (χ3n) is 5.01. The number of amides is 1. The lowest BCUT2D eigenvalue weighted by Gasteiger charge is -2.38. The summed E-state index contributed by atoms with van der Waals surface area (Å²) in [7, 11) is 0.